The molecule has 0 aromatic carbocycles. The van der Waals surface area contributed by atoms with Gasteiger partial charge in [-0.2, -0.15) is 10.5 Å². The highest BCUT2D eigenvalue weighted by molar-refractivity contribution is 5.06. The average molecular weight is 132 g/mol. The van der Waals surface area contributed by atoms with E-state index in [1.54, 1.807) is 12.2 Å². The molecule has 50 valence electrons. The minimum Gasteiger partial charge on any atom is -0.198 e. The van der Waals surface area contributed by atoms with E-state index in [-0.39, 0.29) is 5.92 Å². The SMILES string of the molecule is C=CC(C#N)C/C=C/C#N. The van der Waals surface area contributed by atoms with Crippen molar-refractivity contribution in [3.8, 4) is 12.1 Å². The van der Waals surface area contributed by atoms with Crippen molar-refractivity contribution in [2.45, 2.75) is 6.42 Å². The molecule has 0 saturated carbocycles. The Morgan fingerprint density at radius 2 is 2.20 bits per heavy atom. The van der Waals surface area contributed by atoms with E-state index in [0.29, 0.717) is 6.42 Å². The lowest BCUT2D eigenvalue weighted by Crippen LogP contribution is -1.86. The molecule has 0 radical (unpaired) electrons. The first-order chi connectivity index (χ1) is 4.85. The Morgan fingerprint density at radius 3 is 2.60 bits per heavy atom. The summed E-state index contributed by atoms with van der Waals surface area (Å²) in [5.74, 6) is -0.162. The Morgan fingerprint density at radius 1 is 1.50 bits per heavy atom. The molecule has 0 fully saturated rings. The standard InChI is InChI=1S/C8H8N2/c1-2-8(7-10)5-3-4-6-9/h2-4,8H,1,5H2/b4-3+. The summed E-state index contributed by atoms with van der Waals surface area (Å²) >= 11 is 0. The summed E-state index contributed by atoms with van der Waals surface area (Å²) in [4.78, 5) is 0. The number of hydrogen-bond donors (Lipinski definition) is 0. The Hall–Kier alpha value is -1.54. The third kappa shape index (κ3) is 3.46. The minimum absolute atomic E-state index is 0.162. The van der Waals surface area contributed by atoms with E-state index in [9.17, 15) is 0 Å². The van der Waals surface area contributed by atoms with E-state index in [1.807, 2.05) is 12.1 Å². The first-order valence-electron chi connectivity index (χ1n) is 2.92. The van der Waals surface area contributed by atoms with Crippen LogP contribution in [-0.2, 0) is 0 Å². The second-order valence-corrected chi connectivity index (χ2v) is 1.74. The summed E-state index contributed by atoms with van der Waals surface area (Å²) in [7, 11) is 0. The molecule has 0 aliphatic rings. The topological polar surface area (TPSA) is 47.6 Å². The molecule has 1 atom stereocenters. The largest absolute Gasteiger partial charge is 0.198 e. The van der Waals surface area contributed by atoms with Crippen LogP contribution in [0.1, 0.15) is 6.42 Å². The van der Waals surface area contributed by atoms with Crippen LogP contribution in [0, 0.1) is 28.6 Å². The summed E-state index contributed by atoms with van der Waals surface area (Å²) in [5.41, 5.74) is 0. The maximum Gasteiger partial charge on any atom is 0.0908 e. The van der Waals surface area contributed by atoms with Gasteiger partial charge in [-0.05, 0) is 6.42 Å². The van der Waals surface area contributed by atoms with Gasteiger partial charge in [0.2, 0.25) is 0 Å². The van der Waals surface area contributed by atoms with Gasteiger partial charge in [0.15, 0.2) is 0 Å². The van der Waals surface area contributed by atoms with E-state index in [1.165, 1.54) is 6.08 Å². The molecule has 0 aromatic rings. The number of rotatable bonds is 3. The molecule has 0 saturated heterocycles. The van der Waals surface area contributed by atoms with Crippen molar-refractivity contribution in [1.82, 2.24) is 0 Å². The lowest BCUT2D eigenvalue weighted by molar-refractivity contribution is 0.850. The van der Waals surface area contributed by atoms with Crippen LogP contribution in [0.3, 0.4) is 0 Å². The van der Waals surface area contributed by atoms with Crippen molar-refractivity contribution in [2.24, 2.45) is 5.92 Å². The van der Waals surface area contributed by atoms with Gasteiger partial charge < -0.3 is 0 Å². The third-order valence-electron chi connectivity index (χ3n) is 1.03. The highest BCUT2D eigenvalue weighted by Crippen LogP contribution is 2.02. The third-order valence-corrected chi connectivity index (χ3v) is 1.03. The number of hydrogen-bond acceptors (Lipinski definition) is 2. The van der Waals surface area contributed by atoms with Gasteiger partial charge in [0, 0.05) is 6.08 Å². The van der Waals surface area contributed by atoms with Crippen molar-refractivity contribution >= 4 is 0 Å². The summed E-state index contributed by atoms with van der Waals surface area (Å²) in [5, 5.41) is 16.5. The molecular formula is C8H8N2. The van der Waals surface area contributed by atoms with Crippen LogP contribution in [0.4, 0.5) is 0 Å². The number of nitriles is 2. The molecular weight excluding hydrogens is 124 g/mol. The van der Waals surface area contributed by atoms with Crippen LogP contribution in [-0.4, -0.2) is 0 Å². The van der Waals surface area contributed by atoms with Gasteiger partial charge in [0.25, 0.3) is 0 Å². The van der Waals surface area contributed by atoms with Crippen LogP contribution >= 0.6 is 0 Å². The molecule has 0 N–H and O–H groups in total. The van der Waals surface area contributed by atoms with Crippen LogP contribution in [0.5, 0.6) is 0 Å². The van der Waals surface area contributed by atoms with Crippen LogP contribution in [0.25, 0.3) is 0 Å². The van der Waals surface area contributed by atoms with Gasteiger partial charge in [-0.15, -0.1) is 6.58 Å². The lowest BCUT2D eigenvalue weighted by atomic mass is 10.1. The number of nitrogens with zero attached hydrogens (tertiary/aromatic N) is 2. The van der Waals surface area contributed by atoms with E-state index in [0.717, 1.165) is 0 Å². The summed E-state index contributed by atoms with van der Waals surface area (Å²) in [6.07, 6.45) is 5.18. The quantitative estimate of drug-likeness (QED) is 0.434. The summed E-state index contributed by atoms with van der Waals surface area (Å²) in [6, 6.07) is 3.88. The van der Waals surface area contributed by atoms with Gasteiger partial charge in [0.1, 0.15) is 0 Å². The molecule has 2 heteroatoms. The average Bonchev–Trinajstić information content (AvgIpc) is 1.99. The van der Waals surface area contributed by atoms with Gasteiger partial charge in [-0.1, -0.05) is 12.2 Å². The van der Waals surface area contributed by atoms with Crippen molar-refractivity contribution in [3.63, 3.8) is 0 Å². The minimum atomic E-state index is -0.162. The lowest BCUT2D eigenvalue weighted by Gasteiger charge is -1.92. The van der Waals surface area contributed by atoms with Crippen LogP contribution in [0.2, 0.25) is 0 Å². The maximum atomic E-state index is 8.39. The van der Waals surface area contributed by atoms with Crippen LogP contribution in [0.15, 0.2) is 24.8 Å². The number of allylic oxidation sites excluding steroid dienone is 3. The van der Waals surface area contributed by atoms with E-state index in [4.69, 9.17) is 10.5 Å². The van der Waals surface area contributed by atoms with Crippen molar-refractivity contribution in [3.05, 3.63) is 24.8 Å². The molecule has 0 spiro atoms. The first-order valence-corrected chi connectivity index (χ1v) is 2.92. The zero-order valence-corrected chi connectivity index (χ0v) is 5.62. The molecule has 0 bridgehead atoms. The molecule has 1 unspecified atom stereocenters. The highest BCUT2D eigenvalue weighted by Gasteiger charge is 1.95. The molecule has 0 rings (SSSR count). The zero-order valence-electron chi connectivity index (χ0n) is 5.62. The van der Waals surface area contributed by atoms with Crippen molar-refractivity contribution in [1.29, 1.82) is 10.5 Å². The molecule has 0 aliphatic heterocycles. The molecule has 0 amide bonds. The van der Waals surface area contributed by atoms with E-state index in [2.05, 4.69) is 6.58 Å². The Balaban J connectivity index is 3.70. The van der Waals surface area contributed by atoms with Crippen LogP contribution < -0.4 is 0 Å². The van der Waals surface area contributed by atoms with Gasteiger partial charge in [0.05, 0.1) is 18.1 Å². The summed E-state index contributed by atoms with van der Waals surface area (Å²) in [6.45, 7) is 3.47. The first kappa shape index (κ1) is 8.46. The normalized spacial score (nSPS) is 11.8. The molecule has 0 aromatic heterocycles. The smallest absolute Gasteiger partial charge is 0.0908 e. The Labute approximate surface area is 60.7 Å². The Bertz CT molecular complexity index is 202. The molecule has 0 aliphatic carbocycles. The predicted octanol–water partition coefficient (Wildman–Crippen LogP) is 1.78. The highest BCUT2D eigenvalue weighted by atomic mass is 14.3. The zero-order chi connectivity index (χ0) is 7.82. The summed E-state index contributed by atoms with van der Waals surface area (Å²) < 4.78 is 0. The van der Waals surface area contributed by atoms with Crippen molar-refractivity contribution < 1.29 is 0 Å². The predicted molar refractivity (Wildman–Crippen MR) is 38.7 cm³/mol. The molecule has 2 nitrogen and oxygen atoms in total. The second kappa shape index (κ2) is 5.59. The van der Waals surface area contributed by atoms with Crippen molar-refractivity contribution in [2.75, 3.05) is 0 Å². The monoisotopic (exact) mass is 132 g/mol. The Kier molecular flexibility index (Phi) is 4.73. The van der Waals surface area contributed by atoms with E-state index < -0.39 is 0 Å². The fourth-order valence-corrected chi connectivity index (χ4v) is 0.469. The molecule has 0 heterocycles. The fraction of sp³-hybridized carbons (Fsp3) is 0.250. The van der Waals surface area contributed by atoms with E-state index >= 15 is 0 Å². The molecule has 10 heavy (non-hydrogen) atoms. The maximum absolute atomic E-state index is 8.39. The van der Waals surface area contributed by atoms with Gasteiger partial charge >= 0.3 is 0 Å². The van der Waals surface area contributed by atoms with Gasteiger partial charge in [-0.25, -0.2) is 0 Å². The fourth-order valence-electron chi connectivity index (χ4n) is 0.469. The second-order valence-electron chi connectivity index (χ2n) is 1.74. The van der Waals surface area contributed by atoms with Gasteiger partial charge in [-0.3, -0.25) is 0 Å².